The predicted molar refractivity (Wildman–Crippen MR) is 110 cm³/mol. The number of benzene rings is 1. The van der Waals surface area contributed by atoms with Crippen molar-refractivity contribution in [3.05, 3.63) is 50.9 Å². The Hall–Kier alpha value is -1.97. The van der Waals surface area contributed by atoms with E-state index in [1.807, 2.05) is 35.7 Å². The third kappa shape index (κ3) is 4.17. The van der Waals surface area contributed by atoms with Gasteiger partial charge in [0.1, 0.15) is 28.4 Å². The van der Waals surface area contributed by atoms with E-state index in [1.54, 1.807) is 4.90 Å². The monoisotopic (exact) mass is 480 g/mol. The van der Waals surface area contributed by atoms with Crippen molar-refractivity contribution in [1.82, 2.24) is 9.88 Å². The summed E-state index contributed by atoms with van der Waals surface area (Å²) in [5.41, 5.74) is 0.148. The van der Waals surface area contributed by atoms with E-state index in [0.717, 1.165) is 17.0 Å². The quantitative estimate of drug-likeness (QED) is 0.671. The molecule has 1 aromatic heterocycles. The van der Waals surface area contributed by atoms with Crippen LogP contribution in [0, 0.1) is 5.92 Å². The van der Waals surface area contributed by atoms with Crippen LogP contribution in [-0.4, -0.2) is 46.2 Å². The summed E-state index contributed by atoms with van der Waals surface area (Å²) in [6, 6.07) is 9.65. The number of ether oxygens (including phenoxy) is 2. The zero-order valence-corrected chi connectivity index (χ0v) is 18.0. The number of hydrogen-bond acceptors (Lipinski definition) is 6. The van der Waals surface area contributed by atoms with E-state index in [9.17, 15) is 9.59 Å². The topological polar surface area (TPSA) is 89.0 Å². The lowest BCUT2D eigenvalue weighted by Crippen LogP contribution is -2.42. The first-order valence-electron chi connectivity index (χ1n) is 9.42. The molecule has 9 heteroatoms. The Kier molecular flexibility index (Phi) is 5.89. The van der Waals surface area contributed by atoms with Gasteiger partial charge in [-0.05, 0) is 40.8 Å². The minimum atomic E-state index is -1.01. The van der Waals surface area contributed by atoms with E-state index in [1.165, 1.54) is 11.3 Å². The normalized spacial score (nSPS) is 25.8. The number of carbonyl (C=O) groups excluding carboxylic acids is 1. The third-order valence-corrected chi connectivity index (χ3v) is 7.36. The highest BCUT2D eigenvalue weighted by Crippen LogP contribution is 2.51. The van der Waals surface area contributed by atoms with Crippen molar-refractivity contribution < 1.29 is 24.2 Å². The van der Waals surface area contributed by atoms with Crippen LogP contribution in [0.4, 0.5) is 4.79 Å². The van der Waals surface area contributed by atoms with Crippen molar-refractivity contribution in [2.24, 2.45) is 5.92 Å². The molecule has 2 heterocycles. The molecule has 1 N–H and O–H groups in total. The second kappa shape index (κ2) is 8.41. The van der Waals surface area contributed by atoms with Gasteiger partial charge in [-0.2, -0.15) is 0 Å². The maximum atomic E-state index is 12.7. The third-order valence-electron chi connectivity index (χ3n) is 5.65. The highest BCUT2D eigenvalue weighted by molar-refractivity contribution is 9.10. The second-order valence-electron chi connectivity index (χ2n) is 7.36. The van der Waals surface area contributed by atoms with Gasteiger partial charge in [-0.3, -0.25) is 0 Å². The van der Waals surface area contributed by atoms with Crippen LogP contribution in [-0.2, 0) is 26.5 Å². The Balaban J connectivity index is 1.49. The molecule has 4 rings (SSSR count). The van der Waals surface area contributed by atoms with E-state index < -0.39 is 18.2 Å². The number of aromatic nitrogens is 1. The van der Waals surface area contributed by atoms with Gasteiger partial charge in [-0.15, -0.1) is 11.3 Å². The minimum absolute atomic E-state index is 0.0251. The molecule has 1 aliphatic carbocycles. The number of hydrogen-bond donors (Lipinski definition) is 1. The predicted octanol–water partition coefficient (Wildman–Crippen LogP) is 4.02. The van der Waals surface area contributed by atoms with Crippen LogP contribution >= 0.6 is 27.3 Å². The molecule has 3 unspecified atom stereocenters. The number of rotatable bonds is 6. The summed E-state index contributed by atoms with van der Waals surface area (Å²) in [5.74, 6) is -1.04. The largest absolute Gasteiger partial charge is 0.480 e. The lowest BCUT2D eigenvalue weighted by atomic mass is 9.76. The zero-order chi connectivity index (χ0) is 20.4. The van der Waals surface area contributed by atoms with Crippen molar-refractivity contribution in [3.8, 4) is 0 Å². The number of carboxylic acids is 1. The van der Waals surface area contributed by atoms with Gasteiger partial charge in [0.05, 0.1) is 0 Å². The van der Waals surface area contributed by atoms with Gasteiger partial charge in [0.15, 0.2) is 0 Å². The Labute approximate surface area is 180 Å². The molecule has 2 aliphatic rings. The molecule has 7 nitrogen and oxygen atoms in total. The smallest absolute Gasteiger partial charge is 0.410 e. The van der Waals surface area contributed by atoms with Crippen LogP contribution in [0.2, 0.25) is 0 Å². The molecule has 1 saturated heterocycles. The lowest BCUT2D eigenvalue weighted by molar-refractivity contribution is -0.158. The summed E-state index contributed by atoms with van der Waals surface area (Å²) in [7, 11) is 0. The molecule has 0 radical (unpaired) electrons. The van der Waals surface area contributed by atoms with Gasteiger partial charge in [0.2, 0.25) is 0 Å². The van der Waals surface area contributed by atoms with Gasteiger partial charge in [-0.1, -0.05) is 30.3 Å². The van der Waals surface area contributed by atoms with E-state index in [0.29, 0.717) is 24.0 Å². The van der Waals surface area contributed by atoms with E-state index in [-0.39, 0.29) is 24.7 Å². The first-order valence-corrected chi connectivity index (χ1v) is 11.1. The maximum absolute atomic E-state index is 12.7. The molecule has 2 fully saturated rings. The van der Waals surface area contributed by atoms with Gasteiger partial charge in [0.25, 0.3) is 0 Å². The van der Waals surface area contributed by atoms with Crippen molar-refractivity contribution in [1.29, 1.82) is 0 Å². The summed E-state index contributed by atoms with van der Waals surface area (Å²) < 4.78 is 12.2. The Bertz CT molecular complexity index is 892. The molecule has 1 aromatic carbocycles. The number of amides is 1. The van der Waals surface area contributed by atoms with Crippen LogP contribution in [0.1, 0.15) is 29.8 Å². The van der Waals surface area contributed by atoms with Gasteiger partial charge in [-0.25, -0.2) is 14.6 Å². The first-order chi connectivity index (χ1) is 14.0. The molecule has 29 heavy (non-hydrogen) atoms. The molecule has 3 atom stereocenters. The van der Waals surface area contributed by atoms with Gasteiger partial charge >= 0.3 is 12.1 Å². The lowest BCUT2D eigenvalue weighted by Gasteiger charge is -2.39. The number of carbonyl (C=O) groups is 2. The average molecular weight is 481 g/mol. The molecule has 0 spiro atoms. The van der Waals surface area contributed by atoms with Crippen LogP contribution in [0.3, 0.4) is 0 Å². The van der Waals surface area contributed by atoms with E-state index in [2.05, 4.69) is 20.9 Å². The molecule has 1 amide bonds. The fourth-order valence-electron chi connectivity index (χ4n) is 4.31. The number of halogens is 1. The number of nitrogens with zero attached hydrogens (tertiary/aromatic N) is 2. The van der Waals surface area contributed by atoms with Gasteiger partial charge in [0, 0.05) is 23.9 Å². The van der Waals surface area contributed by atoms with Crippen LogP contribution in [0.25, 0.3) is 0 Å². The summed E-state index contributed by atoms with van der Waals surface area (Å²) >= 11 is 4.83. The van der Waals surface area contributed by atoms with Crippen molar-refractivity contribution in [3.63, 3.8) is 0 Å². The van der Waals surface area contributed by atoms with E-state index >= 15 is 0 Å². The number of aliphatic carboxylic acids is 1. The number of thiazole rings is 1. The zero-order valence-electron chi connectivity index (χ0n) is 15.6. The molecule has 154 valence electrons. The number of likely N-dealkylation sites (tertiary alicyclic amines) is 1. The Morgan fingerprint density at radius 2 is 2.14 bits per heavy atom. The van der Waals surface area contributed by atoms with Crippen molar-refractivity contribution in [2.45, 2.75) is 37.5 Å². The van der Waals surface area contributed by atoms with Crippen molar-refractivity contribution >= 4 is 39.3 Å². The summed E-state index contributed by atoms with van der Waals surface area (Å²) in [5, 5.41) is 11.8. The minimum Gasteiger partial charge on any atom is -0.480 e. The SMILES string of the molecule is O=C(O)COC1(c2nc(Br)cs2)CCC2CC1CN2C(=O)OCc1ccccc1. The first kappa shape index (κ1) is 20.3. The average Bonchev–Trinajstić information content (AvgIpc) is 3.32. The fourth-order valence-corrected chi connectivity index (χ4v) is 5.83. The Morgan fingerprint density at radius 1 is 1.34 bits per heavy atom. The molecular weight excluding hydrogens is 460 g/mol. The van der Waals surface area contributed by atoms with Crippen LogP contribution < -0.4 is 0 Å². The maximum Gasteiger partial charge on any atom is 0.410 e. The second-order valence-corrected chi connectivity index (χ2v) is 9.04. The fraction of sp³-hybridized carbons (Fsp3) is 0.450. The number of fused-ring (bicyclic) bond motifs is 2. The number of carboxylic acid groups (broad SMARTS) is 1. The Morgan fingerprint density at radius 3 is 2.83 bits per heavy atom. The highest BCUT2D eigenvalue weighted by atomic mass is 79.9. The van der Waals surface area contributed by atoms with Crippen LogP contribution in [0.15, 0.2) is 40.3 Å². The summed E-state index contributed by atoms with van der Waals surface area (Å²) in [6.45, 7) is 0.305. The van der Waals surface area contributed by atoms with Crippen LogP contribution in [0.5, 0.6) is 0 Å². The molecule has 1 aliphatic heterocycles. The molecule has 2 bridgehead atoms. The summed E-state index contributed by atoms with van der Waals surface area (Å²) in [6.07, 6.45) is 1.75. The van der Waals surface area contributed by atoms with Crippen molar-refractivity contribution in [2.75, 3.05) is 13.2 Å². The van der Waals surface area contributed by atoms with E-state index in [4.69, 9.17) is 14.6 Å². The molecular formula is C20H21BrN2O5S. The summed E-state index contributed by atoms with van der Waals surface area (Å²) in [4.78, 5) is 30.2. The van der Waals surface area contributed by atoms with Gasteiger partial charge < -0.3 is 19.5 Å². The standard InChI is InChI=1S/C20H21BrN2O5S/c21-16-12-29-18(22-16)20(28-11-17(24)25)7-6-15-8-14(20)9-23(15)19(26)27-10-13-4-2-1-3-5-13/h1-5,12,14-15H,6-11H2,(H,24,25). The highest BCUT2D eigenvalue weighted by Gasteiger charge is 2.55. The molecule has 1 saturated carbocycles. The molecule has 2 aromatic rings.